The van der Waals surface area contributed by atoms with Crippen LogP contribution in [0.3, 0.4) is 0 Å². The highest BCUT2D eigenvalue weighted by atomic mass is 28.1. The molecule has 0 radical (unpaired) electrons. The molecule has 1 heteroatoms. The van der Waals surface area contributed by atoms with E-state index in [9.17, 15) is 0 Å². The molecule has 0 nitrogen and oxygen atoms in total. The molecule has 0 saturated heterocycles. The van der Waals surface area contributed by atoms with Gasteiger partial charge >= 0.3 is 0 Å². The molecule has 11 heavy (non-hydrogen) atoms. The second-order valence-corrected chi connectivity index (χ2v) is 6.13. The highest BCUT2D eigenvalue weighted by Crippen LogP contribution is 2.36. The van der Waals surface area contributed by atoms with E-state index in [0.29, 0.717) is 0 Å². The fraction of sp³-hybridized carbons (Fsp3) is 1.00. The van der Waals surface area contributed by atoms with Crippen LogP contribution in [0.1, 0.15) is 46.0 Å². The molecule has 1 aliphatic carbocycles. The first-order valence-corrected chi connectivity index (χ1v) is 6.35. The Morgan fingerprint density at radius 3 is 2.45 bits per heavy atom. The maximum absolute atomic E-state index is 2.36. The number of hydrogen-bond donors (Lipinski definition) is 0. The summed E-state index contributed by atoms with van der Waals surface area (Å²) in [7, 11) is 1.44. The third-order valence-electron chi connectivity index (χ3n) is 3.06. The zero-order valence-electron chi connectivity index (χ0n) is 8.27. The van der Waals surface area contributed by atoms with Gasteiger partial charge in [-0.25, -0.2) is 0 Å². The van der Waals surface area contributed by atoms with Crippen molar-refractivity contribution < 1.29 is 0 Å². The van der Waals surface area contributed by atoms with Gasteiger partial charge in [0.25, 0.3) is 0 Å². The Labute approximate surface area is 74.2 Å². The molecule has 66 valence electrons. The number of rotatable bonds is 2. The summed E-state index contributed by atoms with van der Waals surface area (Å²) in [6, 6.07) is 0. The molecule has 0 aromatic heterocycles. The van der Waals surface area contributed by atoms with Crippen LogP contribution in [0.25, 0.3) is 0 Å². The van der Waals surface area contributed by atoms with Gasteiger partial charge in [0.1, 0.15) is 0 Å². The van der Waals surface area contributed by atoms with Gasteiger partial charge in [-0.3, -0.25) is 0 Å². The zero-order valence-corrected chi connectivity index (χ0v) is 10.3. The molecule has 0 amide bonds. The first-order chi connectivity index (χ1) is 5.20. The first-order valence-electron chi connectivity index (χ1n) is 5.20. The Kier molecular flexibility index (Phi) is 3.63. The summed E-state index contributed by atoms with van der Waals surface area (Å²) >= 11 is 0. The SMILES string of the molecule is CC(C)CC1CCCCC1[SiH3]. The molecule has 1 rings (SSSR count). The smallest absolute Gasteiger partial charge is 0.00708 e. The van der Waals surface area contributed by atoms with Crippen molar-refractivity contribution in [2.45, 2.75) is 51.5 Å². The molecule has 0 bridgehead atoms. The Bertz CT molecular complexity index is 109. The topological polar surface area (TPSA) is 0 Å². The van der Waals surface area contributed by atoms with Crippen LogP contribution in [0.5, 0.6) is 0 Å². The van der Waals surface area contributed by atoms with E-state index in [1.165, 1.54) is 35.9 Å². The van der Waals surface area contributed by atoms with Crippen LogP contribution in [-0.2, 0) is 0 Å². The quantitative estimate of drug-likeness (QED) is 0.558. The summed E-state index contributed by atoms with van der Waals surface area (Å²) in [4.78, 5) is 0. The summed E-state index contributed by atoms with van der Waals surface area (Å²) < 4.78 is 0. The lowest BCUT2D eigenvalue weighted by molar-refractivity contribution is 0.306. The summed E-state index contributed by atoms with van der Waals surface area (Å²) in [5.74, 6) is 2.03. The molecule has 2 atom stereocenters. The Balaban J connectivity index is 2.29. The summed E-state index contributed by atoms with van der Waals surface area (Å²) in [5, 5.41) is 0. The van der Waals surface area contributed by atoms with Crippen molar-refractivity contribution in [1.29, 1.82) is 0 Å². The van der Waals surface area contributed by atoms with Gasteiger partial charge in [-0.15, -0.1) is 0 Å². The van der Waals surface area contributed by atoms with Crippen LogP contribution in [0.15, 0.2) is 0 Å². The molecular weight excluding hydrogens is 148 g/mol. The van der Waals surface area contributed by atoms with Crippen LogP contribution in [0.2, 0.25) is 5.54 Å². The van der Waals surface area contributed by atoms with Gasteiger partial charge < -0.3 is 0 Å². The lowest BCUT2D eigenvalue weighted by Crippen LogP contribution is -2.16. The van der Waals surface area contributed by atoms with Crippen molar-refractivity contribution in [2.75, 3.05) is 0 Å². The van der Waals surface area contributed by atoms with Gasteiger partial charge in [0.2, 0.25) is 0 Å². The fourth-order valence-corrected chi connectivity index (χ4v) is 3.36. The van der Waals surface area contributed by atoms with E-state index in [-0.39, 0.29) is 0 Å². The molecule has 0 spiro atoms. The van der Waals surface area contributed by atoms with Crippen molar-refractivity contribution >= 4 is 10.2 Å². The van der Waals surface area contributed by atoms with E-state index < -0.39 is 0 Å². The monoisotopic (exact) mass is 170 g/mol. The highest BCUT2D eigenvalue weighted by Gasteiger charge is 2.21. The molecule has 0 aliphatic heterocycles. The predicted octanol–water partition coefficient (Wildman–Crippen LogP) is 2.38. The van der Waals surface area contributed by atoms with Gasteiger partial charge in [0.15, 0.2) is 0 Å². The van der Waals surface area contributed by atoms with Crippen molar-refractivity contribution in [2.24, 2.45) is 11.8 Å². The third-order valence-corrected chi connectivity index (χ3v) is 4.58. The number of hydrogen-bond acceptors (Lipinski definition) is 0. The van der Waals surface area contributed by atoms with E-state index in [2.05, 4.69) is 13.8 Å². The van der Waals surface area contributed by atoms with Crippen LogP contribution >= 0.6 is 0 Å². The van der Waals surface area contributed by atoms with Crippen molar-refractivity contribution in [3.8, 4) is 0 Å². The first kappa shape index (κ1) is 9.31. The molecule has 0 aromatic rings. The minimum absolute atomic E-state index is 0.926. The van der Waals surface area contributed by atoms with Crippen LogP contribution < -0.4 is 0 Å². The second kappa shape index (κ2) is 4.29. The lowest BCUT2D eigenvalue weighted by atomic mass is 9.83. The van der Waals surface area contributed by atoms with Gasteiger partial charge in [-0.05, 0) is 18.3 Å². The van der Waals surface area contributed by atoms with E-state index in [1.807, 2.05) is 0 Å². The van der Waals surface area contributed by atoms with Crippen LogP contribution in [-0.4, -0.2) is 10.2 Å². The average molecular weight is 170 g/mol. The van der Waals surface area contributed by atoms with Gasteiger partial charge in [0.05, 0.1) is 0 Å². The molecular formula is C10H22Si. The molecule has 2 unspecified atom stereocenters. The third kappa shape index (κ3) is 2.98. The molecule has 0 N–H and O–H groups in total. The standard InChI is InChI=1S/C10H22Si/c1-8(2)7-9-5-3-4-6-10(9)11/h8-10H,3-7H2,1-2,11H3. The average Bonchev–Trinajstić information content (AvgIpc) is 1.93. The minimum atomic E-state index is 0.926. The van der Waals surface area contributed by atoms with Gasteiger partial charge in [-0.2, -0.15) is 0 Å². The van der Waals surface area contributed by atoms with Gasteiger partial charge in [0, 0.05) is 10.2 Å². The van der Waals surface area contributed by atoms with E-state index in [0.717, 1.165) is 17.4 Å². The predicted molar refractivity (Wildman–Crippen MR) is 55.1 cm³/mol. The fourth-order valence-electron chi connectivity index (χ4n) is 2.35. The van der Waals surface area contributed by atoms with Crippen LogP contribution in [0.4, 0.5) is 0 Å². The van der Waals surface area contributed by atoms with Gasteiger partial charge in [-0.1, -0.05) is 45.1 Å². The van der Waals surface area contributed by atoms with Crippen molar-refractivity contribution in [1.82, 2.24) is 0 Å². The molecule has 1 aliphatic rings. The molecule has 0 aromatic carbocycles. The molecule has 1 fully saturated rings. The maximum atomic E-state index is 2.36. The summed E-state index contributed by atoms with van der Waals surface area (Å²) in [6.07, 6.45) is 7.60. The van der Waals surface area contributed by atoms with Crippen molar-refractivity contribution in [3.05, 3.63) is 0 Å². The molecule has 1 saturated carbocycles. The van der Waals surface area contributed by atoms with Crippen molar-refractivity contribution in [3.63, 3.8) is 0 Å². The maximum Gasteiger partial charge on any atom is 0.00708 e. The van der Waals surface area contributed by atoms with E-state index in [4.69, 9.17) is 0 Å². The normalized spacial score (nSPS) is 33.0. The Morgan fingerprint density at radius 1 is 1.27 bits per heavy atom. The highest BCUT2D eigenvalue weighted by molar-refractivity contribution is 6.11. The lowest BCUT2D eigenvalue weighted by Gasteiger charge is -2.29. The zero-order chi connectivity index (χ0) is 8.27. The van der Waals surface area contributed by atoms with E-state index >= 15 is 0 Å². The Hall–Kier alpha value is 0.217. The minimum Gasteiger partial charge on any atom is -0.0628 e. The largest absolute Gasteiger partial charge is 0.0628 e. The Morgan fingerprint density at radius 2 is 1.91 bits per heavy atom. The summed E-state index contributed by atoms with van der Waals surface area (Å²) in [5.41, 5.74) is 1.14. The molecule has 0 heterocycles. The second-order valence-electron chi connectivity index (χ2n) is 4.65. The summed E-state index contributed by atoms with van der Waals surface area (Å²) in [6.45, 7) is 4.73. The van der Waals surface area contributed by atoms with Crippen LogP contribution in [0, 0.1) is 11.8 Å². The van der Waals surface area contributed by atoms with E-state index in [1.54, 1.807) is 6.42 Å².